The first-order valence-electron chi connectivity index (χ1n) is 6.19. The fourth-order valence-corrected chi connectivity index (χ4v) is 2.83. The van der Waals surface area contributed by atoms with Crippen molar-refractivity contribution in [1.82, 2.24) is 0 Å². The Morgan fingerprint density at radius 1 is 1.53 bits per heavy atom. The quantitative estimate of drug-likeness (QED) is 0.813. The molecule has 1 aromatic rings. The van der Waals surface area contributed by atoms with Crippen LogP contribution in [0.4, 0.5) is 5.69 Å². The molecule has 2 rings (SSSR count). The summed E-state index contributed by atoms with van der Waals surface area (Å²) in [6, 6.07) is 7.67. The van der Waals surface area contributed by atoms with Gasteiger partial charge in [0.05, 0.1) is 22.3 Å². The lowest BCUT2D eigenvalue weighted by Gasteiger charge is -2.20. The summed E-state index contributed by atoms with van der Waals surface area (Å²) >= 11 is 6.22. The Kier molecular flexibility index (Phi) is 3.91. The van der Waals surface area contributed by atoms with Gasteiger partial charge in [0.1, 0.15) is 0 Å². The van der Waals surface area contributed by atoms with Crippen LogP contribution in [0.3, 0.4) is 0 Å². The average molecular weight is 249 g/mol. The molecule has 0 bridgehead atoms. The first kappa shape index (κ1) is 12.3. The second kappa shape index (κ2) is 5.42. The Balaban J connectivity index is 2.11. The lowest BCUT2D eigenvalue weighted by molar-refractivity contribution is 0.530. The van der Waals surface area contributed by atoms with Crippen LogP contribution in [0.1, 0.15) is 31.7 Å². The Morgan fingerprint density at radius 2 is 2.35 bits per heavy atom. The first-order valence-corrected chi connectivity index (χ1v) is 6.57. The number of hydrogen-bond donors (Lipinski definition) is 0. The predicted molar refractivity (Wildman–Crippen MR) is 71.4 cm³/mol. The molecule has 1 unspecified atom stereocenters. The van der Waals surface area contributed by atoms with Crippen molar-refractivity contribution in [3.8, 4) is 6.07 Å². The van der Waals surface area contributed by atoms with E-state index < -0.39 is 0 Å². The molecule has 3 heteroatoms. The van der Waals surface area contributed by atoms with E-state index in [2.05, 4.69) is 17.9 Å². The van der Waals surface area contributed by atoms with Crippen LogP contribution in [0.25, 0.3) is 0 Å². The van der Waals surface area contributed by atoms with E-state index in [1.165, 1.54) is 19.3 Å². The molecular formula is C14H17ClN2. The monoisotopic (exact) mass is 248 g/mol. The summed E-state index contributed by atoms with van der Waals surface area (Å²) in [7, 11) is 0. The molecular weight excluding hydrogens is 232 g/mol. The van der Waals surface area contributed by atoms with Crippen LogP contribution in [-0.4, -0.2) is 13.1 Å². The van der Waals surface area contributed by atoms with Gasteiger partial charge in [0.15, 0.2) is 0 Å². The van der Waals surface area contributed by atoms with E-state index in [0.29, 0.717) is 10.6 Å². The maximum atomic E-state index is 8.81. The third-order valence-corrected chi connectivity index (χ3v) is 3.70. The van der Waals surface area contributed by atoms with Crippen LogP contribution in [0.5, 0.6) is 0 Å². The van der Waals surface area contributed by atoms with Crippen molar-refractivity contribution in [2.45, 2.75) is 26.2 Å². The lowest BCUT2D eigenvalue weighted by Crippen LogP contribution is -2.19. The van der Waals surface area contributed by atoms with Gasteiger partial charge in [0, 0.05) is 13.1 Å². The van der Waals surface area contributed by atoms with Crippen LogP contribution in [0.2, 0.25) is 5.02 Å². The molecule has 2 nitrogen and oxygen atoms in total. The summed E-state index contributed by atoms with van der Waals surface area (Å²) in [4.78, 5) is 2.34. The summed E-state index contributed by atoms with van der Waals surface area (Å²) in [6.07, 6.45) is 3.80. The molecule has 0 aromatic heterocycles. The van der Waals surface area contributed by atoms with E-state index in [-0.39, 0.29) is 0 Å². The van der Waals surface area contributed by atoms with Crippen LogP contribution in [0.15, 0.2) is 18.2 Å². The molecule has 1 aliphatic heterocycles. The summed E-state index contributed by atoms with van der Waals surface area (Å²) in [5, 5.41) is 9.50. The zero-order chi connectivity index (χ0) is 12.3. The molecule has 0 saturated carbocycles. The molecule has 1 aliphatic rings. The minimum Gasteiger partial charge on any atom is -0.370 e. The van der Waals surface area contributed by atoms with Crippen molar-refractivity contribution in [3.63, 3.8) is 0 Å². The molecule has 1 saturated heterocycles. The van der Waals surface area contributed by atoms with Gasteiger partial charge in [-0.25, -0.2) is 0 Å². The van der Waals surface area contributed by atoms with Gasteiger partial charge in [0.25, 0.3) is 0 Å². The molecule has 0 amide bonds. The van der Waals surface area contributed by atoms with Crippen LogP contribution in [0, 0.1) is 17.2 Å². The topological polar surface area (TPSA) is 27.0 Å². The van der Waals surface area contributed by atoms with Crippen molar-refractivity contribution in [2.75, 3.05) is 18.0 Å². The number of nitriles is 1. The Labute approximate surface area is 108 Å². The molecule has 1 heterocycles. The second-order valence-electron chi connectivity index (χ2n) is 4.67. The van der Waals surface area contributed by atoms with E-state index >= 15 is 0 Å². The summed E-state index contributed by atoms with van der Waals surface area (Å²) < 4.78 is 0. The molecule has 0 radical (unpaired) electrons. The first-order chi connectivity index (χ1) is 8.24. The van der Waals surface area contributed by atoms with E-state index in [0.717, 1.165) is 24.7 Å². The normalized spacial score (nSPS) is 19.4. The van der Waals surface area contributed by atoms with Crippen LogP contribution < -0.4 is 4.90 Å². The highest BCUT2D eigenvalue weighted by molar-refractivity contribution is 6.33. The molecule has 0 aliphatic carbocycles. The third-order valence-electron chi connectivity index (χ3n) is 3.40. The average Bonchev–Trinajstić information content (AvgIpc) is 2.78. The summed E-state index contributed by atoms with van der Waals surface area (Å²) in [6.45, 7) is 4.41. The lowest BCUT2D eigenvalue weighted by atomic mass is 10.0. The second-order valence-corrected chi connectivity index (χ2v) is 5.07. The summed E-state index contributed by atoms with van der Waals surface area (Å²) in [5.41, 5.74) is 1.70. The van der Waals surface area contributed by atoms with Gasteiger partial charge in [-0.1, -0.05) is 24.9 Å². The van der Waals surface area contributed by atoms with E-state index in [1.807, 2.05) is 12.1 Å². The van der Waals surface area contributed by atoms with Crippen molar-refractivity contribution in [2.24, 2.45) is 5.92 Å². The molecule has 1 atom stereocenters. The van der Waals surface area contributed by atoms with Gasteiger partial charge in [-0.3, -0.25) is 0 Å². The van der Waals surface area contributed by atoms with Crippen molar-refractivity contribution >= 4 is 17.3 Å². The smallest absolute Gasteiger partial charge is 0.0992 e. The Morgan fingerprint density at radius 3 is 3.00 bits per heavy atom. The highest BCUT2D eigenvalue weighted by atomic mass is 35.5. The van der Waals surface area contributed by atoms with Gasteiger partial charge < -0.3 is 4.90 Å². The number of halogens is 1. The van der Waals surface area contributed by atoms with E-state index in [9.17, 15) is 0 Å². The molecule has 0 N–H and O–H groups in total. The molecule has 90 valence electrons. The minimum absolute atomic E-state index is 0.628. The molecule has 17 heavy (non-hydrogen) atoms. The van der Waals surface area contributed by atoms with Crippen molar-refractivity contribution < 1.29 is 0 Å². The van der Waals surface area contributed by atoms with E-state index in [1.54, 1.807) is 6.07 Å². The fourth-order valence-electron chi connectivity index (χ4n) is 2.53. The van der Waals surface area contributed by atoms with Gasteiger partial charge >= 0.3 is 0 Å². The van der Waals surface area contributed by atoms with Gasteiger partial charge in [0.2, 0.25) is 0 Å². The van der Waals surface area contributed by atoms with Crippen LogP contribution in [-0.2, 0) is 0 Å². The number of rotatable bonds is 3. The number of nitrogens with zero attached hydrogens (tertiary/aromatic N) is 2. The highest BCUT2D eigenvalue weighted by Crippen LogP contribution is 2.32. The largest absolute Gasteiger partial charge is 0.370 e. The standard InChI is InChI=1S/C14H17ClN2/c1-2-3-11-6-7-17(10-11)14-5-4-12(9-16)8-13(14)15/h4-5,8,11H,2-3,6-7,10H2,1H3. The minimum atomic E-state index is 0.628. The fraction of sp³-hybridized carbons (Fsp3) is 0.500. The maximum Gasteiger partial charge on any atom is 0.0992 e. The highest BCUT2D eigenvalue weighted by Gasteiger charge is 2.23. The van der Waals surface area contributed by atoms with Crippen LogP contribution >= 0.6 is 11.6 Å². The number of anilines is 1. The Hall–Kier alpha value is -1.20. The SMILES string of the molecule is CCCC1CCN(c2ccc(C#N)cc2Cl)C1. The van der Waals surface area contributed by atoms with Gasteiger partial charge in [-0.15, -0.1) is 0 Å². The predicted octanol–water partition coefficient (Wildman–Crippen LogP) is 3.84. The maximum absolute atomic E-state index is 8.81. The summed E-state index contributed by atoms with van der Waals surface area (Å²) in [5.74, 6) is 0.798. The van der Waals surface area contributed by atoms with E-state index in [4.69, 9.17) is 16.9 Å². The van der Waals surface area contributed by atoms with Gasteiger partial charge in [-0.05, 0) is 37.0 Å². The van der Waals surface area contributed by atoms with Crippen molar-refractivity contribution in [3.05, 3.63) is 28.8 Å². The molecule has 1 fully saturated rings. The zero-order valence-corrected chi connectivity index (χ0v) is 10.9. The zero-order valence-electron chi connectivity index (χ0n) is 10.1. The number of benzene rings is 1. The third kappa shape index (κ3) is 2.73. The number of hydrogen-bond acceptors (Lipinski definition) is 2. The molecule has 0 spiro atoms. The Bertz CT molecular complexity index is 436. The van der Waals surface area contributed by atoms with Gasteiger partial charge in [-0.2, -0.15) is 5.26 Å². The van der Waals surface area contributed by atoms with Crippen molar-refractivity contribution in [1.29, 1.82) is 5.26 Å². The molecule has 1 aromatic carbocycles.